The Morgan fingerprint density at radius 2 is 2.45 bits per heavy atom. The summed E-state index contributed by atoms with van der Waals surface area (Å²) in [6, 6.07) is 4.40. The lowest BCUT2D eigenvalue weighted by atomic mass is 9.81. The number of aryl methyl sites for hydroxylation is 1. The molecule has 5 nitrogen and oxygen atoms in total. The second kappa shape index (κ2) is 6.66. The van der Waals surface area contributed by atoms with Gasteiger partial charge in [0, 0.05) is 54.4 Å². The molecule has 2 atom stereocenters. The smallest absolute Gasteiger partial charge is 0.246 e. The number of hydrogen-bond donors (Lipinski definition) is 1. The zero-order valence-electron chi connectivity index (χ0n) is 13.3. The number of nitrogens with zero attached hydrogens (tertiary/aromatic N) is 1. The first-order valence-electron chi connectivity index (χ1n) is 7.72. The molecule has 2 aliphatic rings. The van der Waals surface area contributed by atoms with E-state index in [1.807, 2.05) is 11.3 Å². The Morgan fingerprint density at radius 3 is 3.18 bits per heavy atom. The predicted octanol–water partition coefficient (Wildman–Crippen LogP) is 1.27. The molecule has 6 heteroatoms. The minimum Gasteiger partial charge on any atom is -0.380 e. The highest BCUT2D eigenvalue weighted by atomic mass is 32.1. The van der Waals surface area contributed by atoms with Crippen LogP contribution >= 0.6 is 11.3 Å². The van der Waals surface area contributed by atoms with E-state index < -0.39 is 0 Å². The first-order valence-corrected chi connectivity index (χ1v) is 8.54. The van der Waals surface area contributed by atoms with Crippen LogP contribution in [-0.4, -0.2) is 57.4 Å². The Balaban J connectivity index is 1.59. The van der Waals surface area contributed by atoms with E-state index in [4.69, 9.17) is 9.47 Å². The van der Waals surface area contributed by atoms with Gasteiger partial charge in [0.25, 0.3) is 0 Å². The summed E-state index contributed by atoms with van der Waals surface area (Å²) in [5.41, 5.74) is 0.0652. The molecular weight excluding hydrogens is 300 g/mol. The van der Waals surface area contributed by atoms with Crippen LogP contribution in [0.2, 0.25) is 0 Å². The SMILES string of the molecule is COCC(=O)NC[C@]12COC[C@H]1CN(Cc1ccc(C)s1)C2. The van der Waals surface area contributed by atoms with Gasteiger partial charge in [-0.2, -0.15) is 0 Å². The van der Waals surface area contributed by atoms with Crippen molar-refractivity contribution in [3.8, 4) is 0 Å². The topological polar surface area (TPSA) is 50.8 Å². The number of fused-ring (bicyclic) bond motifs is 1. The fourth-order valence-corrected chi connectivity index (χ4v) is 4.49. The Morgan fingerprint density at radius 1 is 1.59 bits per heavy atom. The molecule has 0 radical (unpaired) electrons. The molecule has 0 aromatic carbocycles. The molecule has 3 rings (SSSR count). The average Bonchev–Trinajstić information content (AvgIpc) is 3.12. The van der Waals surface area contributed by atoms with Gasteiger partial charge in [0.05, 0.1) is 13.2 Å². The summed E-state index contributed by atoms with van der Waals surface area (Å²) >= 11 is 1.87. The van der Waals surface area contributed by atoms with Crippen LogP contribution in [0.15, 0.2) is 12.1 Å². The van der Waals surface area contributed by atoms with Gasteiger partial charge in [-0.1, -0.05) is 0 Å². The minimum absolute atomic E-state index is 0.0464. The summed E-state index contributed by atoms with van der Waals surface area (Å²) in [7, 11) is 1.54. The van der Waals surface area contributed by atoms with E-state index in [2.05, 4.69) is 29.3 Å². The standard InChI is InChI=1S/C16H24N2O3S/c1-12-3-4-14(22-12)6-18-5-13-7-21-11-16(13,10-18)9-17-15(19)8-20-2/h3-4,13H,5-11H2,1-2H3,(H,17,19)/t13-,16+/m1/s1. The lowest BCUT2D eigenvalue weighted by molar-refractivity contribution is -0.125. The van der Waals surface area contributed by atoms with E-state index in [-0.39, 0.29) is 17.9 Å². The molecule has 2 fully saturated rings. The van der Waals surface area contributed by atoms with Gasteiger partial charge in [-0.15, -0.1) is 11.3 Å². The monoisotopic (exact) mass is 324 g/mol. The molecule has 0 saturated carbocycles. The lowest BCUT2D eigenvalue weighted by Gasteiger charge is -2.27. The van der Waals surface area contributed by atoms with Crippen LogP contribution < -0.4 is 5.32 Å². The maximum Gasteiger partial charge on any atom is 0.246 e. The molecule has 2 saturated heterocycles. The zero-order chi connectivity index (χ0) is 15.6. The Bertz CT molecular complexity index is 533. The van der Waals surface area contributed by atoms with Crippen LogP contribution in [-0.2, 0) is 20.8 Å². The summed E-state index contributed by atoms with van der Waals surface area (Å²) in [6.07, 6.45) is 0. The largest absolute Gasteiger partial charge is 0.380 e. The molecule has 1 amide bonds. The van der Waals surface area contributed by atoms with Gasteiger partial charge in [-0.25, -0.2) is 0 Å². The van der Waals surface area contributed by atoms with E-state index in [0.29, 0.717) is 12.5 Å². The number of nitrogens with one attached hydrogen (secondary N) is 1. The van der Waals surface area contributed by atoms with Crippen LogP contribution in [0.4, 0.5) is 0 Å². The number of amides is 1. The molecule has 0 bridgehead atoms. The second-order valence-electron chi connectivity index (χ2n) is 6.47. The van der Waals surface area contributed by atoms with Crippen molar-refractivity contribution >= 4 is 17.2 Å². The van der Waals surface area contributed by atoms with Gasteiger partial charge in [-0.05, 0) is 19.1 Å². The maximum absolute atomic E-state index is 11.7. The van der Waals surface area contributed by atoms with Crippen LogP contribution in [0.3, 0.4) is 0 Å². The molecule has 0 spiro atoms. The normalized spacial score (nSPS) is 28.0. The Kier molecular flexibility index (Phi) is 4.82. The van der Waals surface area contributed by atoms with E-state index in [0.717, 1.165) is 32.8 Å². The quantitative estimate of drug-likeness (QED) is 0.856. The third-order valence-electron chi connectivity index (χ3n) is 4.68. The van der Waals surface area contributed by atoms with Crippen LogP contribution in [0, 0.1) is 18.3 Å². The third-order valence-corrected chi connectivity index (χ3v) is 5.67. The van der Waals surface area contributed by atoms with Crippen molar-refractivity contribution in [2.75, 3.05) is 46.6 Å². The first-order chi connectivity index (χ1) is 10.6. The van der Waals surface area contributed by atoms with Crippen molar-refractivity contribution in [2.24, 2.45) is 11.3 Å². The lowest BCUT2D eigenvalue weighted by Crippen LogP contribution is -2.43. The maximum atomic E-state index is 11.7. The van der Waals surface area contributed by atoms with Gasteiger partial charge >= 0.3 is 0 Å². The number of carbonyl (C=O) groups excluding carboxylic acids is 1. The summed E-state index contributed by atoms with van der Waals surface area (Å²) in [5, 5.41) is 3.01. The molecule has 0 aliphatic carbocycles. The summed E-state index contributed by atoms with van der Waals surface area (Å²) in [4.78, 5) is 16.9. The van der Waals surface area contributed by atoms with Crippen molar-refractivity contribution in [1.82, 2.24) is 10.2 Å². The highest BCUT2D eigenvalue weighted by molar-refractivity contribution is 7.11. The fourth-order valence-electron chi connectivity index (χ4n) is 3.56. The van der Waals surface area contributed by atoms with Gasteiger partial charge < -0.3 is 14.8 Å². The van der Waals surface area contributed by atoms with Crippen LogP contribution in [0.25, 0.3) is 0 Å². The van der Waals surface area contributed by atoms with Gasteiger partial charge in [-0.3, -0.25) is 9.69 Å². The summed E-state index contributed by atoms with van der Waals surface area (Å²) in [5.74, 6) is 0.464. The minimum atomic E-state index is -0.0464. The highest BCUT2D eigenvalue weighted by Crippen LogP contribution is 2.41. The molecule has 2 aliphatic heterocycles. The number of methoxy groups -OCH3 is 1. The van der Waals surface area contributed by atoms with Gasteiger partial charge in [0.2, 0.25) is 5.91 Å². The average molecular weight is 324 g/mol. The molecule has 22 heavy (non-hydrogen) atoms. The fraction of sp³-hybridized carbons (Fsp3) is 0.688. The summed E-state index contributed by atoms with van der Waals surface area (Å²) in [6.45, 7) is 7.54. The van der Waals surface area contributed by atoms with E-state index in [9.17, 15) is 4.79 Å². The van der Waals surface area contributed by atoms with Crippen molar-refractivity contribution < 1.29 is 14.3 Å². The van der Waals surface area contributed by atoms with Crippen LogP contribution in [0.5, 0.6) is 0 Å². The summed E-state index contributed by atoms with van der Waals surface area (Å²) < 4.78 is 10.6. The predicted molar refractivity (Wildman–Crippen MR) is 86.0 cm³/mol. The molecule has 1 N–H and O–H groups in total. The van der Waals surface area contributed by atoms with E-state index in [1.165, 1.54) is 9.75 Å². The number of ether oxygens (including phenoxy) is 2. The number of rotatable bonds is 6. The molecule has 122 valence electrons. The number of likely N-dealkylation sites (tertiary alicyclic amines) is 1. The Labute approximate surface area is 135 Å². The van der Waals surface area contributed by atoms with E-state index >= 15 is 0 Å². The second-order valence-corrected chi connectivity index (χ2v) is 7.84. The number of thiophene rings is 1. The zero-order valence-corrected chi connectivity index (χ0v) is 14.1. The van der Waals surface area contributed by atoms with Gasteiger partial charge in [0.1, 0.15) is 6.61 Å². The number of hydrogen-bond acceptors (Lipinski definition) is 5. The molecule has 3 heterocycles. The van der Waals surface area contributed by atoms with Crippen molar-refractivity contribution in [3.05, 3.63) is 21.9 Å². The third kappa shape index (κ3) is 3.35. The number of carbonyl (C=O) groups is 1. The molecule has 0 unspecified atom stereocenters. The van der Waals surface area contributed by atoms with Crippen LogP contribution in [0.1, 0.15) is 9.75 Å². The van der Waals surface area contributed by atoms with Crippen molar-refractivity contribution in [1.29, 1.82) is 0 Å². The molecular formula is C16H24N2O3S. The Hall–Kier alpha value is -0.950. The molecule has 1 aromatic rings. The van der Waals surface area contributed by atoms with Gasteiger partial charge in [0.15, 0.2) is 0 Å². The van der Waals surface area contributed by atoms with Crippen molar-refractivity contribution in [2.45, 2.75) is 13.5 Å². The highest BCUT2D eigenvalue weighted by Gasteiger charge is 2.50. The van der Waals surface area contributed by atoms with Crippen molar-refractivity contribution in [3.63, 3.8) is 0 Å². The van der Waals surface area contributed by atoms with E-state index in [1.54, 1.807) is 7.11 Å². The molecule has 1 aromatic heterocycles. The first kappa shape index (κ1) is 15.9.